The lowest BCUT2D eigenvalue weighted by Gasteiger charge is -2.20. The molecule has 4 nitrogen and oxygen atoms in total. The van der Waals surface area contributed by atoms with Crippen molar-refractivity contribution >= 4 is 23.7 Å². The van der Waals surface area contributed by atoms with Crippen LogP contribution in [0.4, 0.5) is 0 Å². The van der Waals surface area contributed by atoms with Gasteiger partial charge in [-0.15, -0.1) is 11.8 Å². The summed E-state index contributed by atoms with van der Waals surface area (Å²) in [4.78, 5) is 23.1. The Morgan fingerprint density at radius 3 is 1.84 bits per heavy atom. The highest BCUT2D eigenvalue weighted by atomic mass is 32.2. The molecule has 0 aliphatic heterocycles. The van der Waals surface area contributed by atoms with Crippen LogP contribution in [0, 0.1) is 0 Å². The lowest BCUT2D eigenvalue weighted by molar-refractivity contribution is -0.138. The molecule has 0 atom stereocenters. The van der Waals surface area contributed by atoms with Crippen molar-refractivity contribution in [2.75, 3.05) is 5.75 Å². The van der Waals surface area contributed by atoms with Crippen LogP contribution >= 0.6 is 11.8 Å². The van der Waals surface area contributed by atoms with E-state index in [-0.39, 0.29) is 18.8 Å². The quantitative estimate of drug-likeness (QED) is 0.156. The minimum atomic E-state index is -0.766. The molecule has 1 rings (SSSR count). The number of hydrogen-bond acceptors (Lipinski definition) is 3. The van der Waals surface area contributed by atoms with Crippen LogP contribution in [-0.4, -0.2) is 27.9 Å². The fourth-order valence-corrected chi connectivity index (χ4v) is 5.14. The predicted octanol–water partition coefficient (Wildman–Crippen LogP) is 7.90. The van der Waals surface area contributed by atoms with Crippen molar-refractivity contribution < 1.29 is 19.8 Å². The van der Waals surface area contributed by atoms with Gasteiger partial charge in [-0.2, -0.15) is 0 Å². The molecule has 0 bridgehead atoms. The topological polar surface area (TPSA) is 74.6 Å². The minimum absolute atomic E-state index is 0.170. The molecule has 0 unspecified atom stereocenters. The molecule has 0 aliphatic rings. The van der Waals surface area contributed by atoms with Crippen molar-refractivity contribution in [2.24, 2.45) is 0 Å². The minimum Gasteiger partial charge on any atom is -0.481 e. The number of carboxylic acid groups (broad SMARTS) is 2. The summed E-state index contributed by atoms with van der Waals surface area (Å²) in [5.74, 6) is -0.204. The molecular weight excluding hydrogens is 408 g/mol. The Morgan fingerprint density at radius 1 is 0.774 bits per heavy atom. The maximum absolute atomic E-state index is 10.9. The van der Waals surface area contributed by atoms with Crippen LogP contribution in [0.1, 0.15) is 115 Å². The Balaban J connectivity index is 2.48. The van der Waals surface area contributed by atoms with Crippen LogP contribution in [0.5, 0.6) is 0 Å². The molecule has 0 heterocycles. The molecular formula is C26H42O4S. The number of rotatable bonds is 20. The Kier molecular flexibility index (Phi) is 16.1. The van der Waals surface area contributed by atoms with Gasteiger partial charge in [0.15, 0.2) is 0 Å². The number of thioether (sulfide) groups is 1. The van der Waals surface area contributed by atoms with Gasteiger partial charge in [-0.25, -0.2) is 0 Å². The molecule has 2 N–H and O–H groups in total. The highest BCUT2D eigenvalue weighted by molar-refractivity contribution is 7.99. The van der Waals surface area contributed by atoms with E-state index in [1.807, 2.05) is 17.8 Å². The van der Waals surface area contributed by atoms with E-state index in [2.05, 4.69) is 25.1 Å². The lowest BCUT2D eigenvalue weighted by Crippen LogP contribution is -2.05. The summed E-state index contributed by atoms with van der Waals surface area (Å²) in [5, 5.41) is 18.0. The number of unbranched alkanes of at least 4 members (excludes halogenated alkanes) is 8. The number of carboxylic acids is 2. The van der Waals surface area contributed by atoms with Crippen LogP contribution in [0.15, 0.2) is 29.2 Å². The van der Waals surface area contributed by atoms with E-state index in [0.29, 0.717) is 12.8 Å². The van der Waals surface area contributed by atoms with Crippen LogP contribution in [0.25, 0.3) is 0 Å². The zero-order valence-corrected chi connectivity index (χ0v) is 20.1. The SMILES string of the molecule is CCCCCCCCCCCSc1ccccc1C(CCCC(=O)O)CCCC(=O)O. The molecule has 0 aliphatic carbocycles. The molecule has 0 radical (unpaired) electrons. The van der Waals surface area contributed by atoms with Gasteiger partial charge in [-0.05, 0) is 55.4 Å². The fourth-order valence-electron chi connectivity index (χ4n) is 4.00. The molecule has 0 amide bonds. The van der Waals surface area contributed by atoms with E-state index in [9.17, 15) is 9.59 Å². The zero-order chi connectivity index (χ0) is 22.7. The number of hydrogen-bond donors (Lipinski definition) is 2. The summed E-state index contributed by atoms with van der Waals surface area (Å²) in [6.07, 6.45) is 15.1. The van der Waals surface area contributed by atoms with Crippen LogP contribution in [0.2, 0.25) is 0 Å². The van der Waals surface area contributed by atoms with Gasteiger partial charge in [0.1, 0.15) is 0 Å². The molecule has 31 heavy (non-hydrogen) atoms. The molecule has 0 fully saturated rings. The van der Waals surface area contributed by atoms with Gasteiger partial charge in [0.2, 0.25) is 0 Å². The number of benzene rings is 1. The fraction of sp³-hybridized carbons (Fsp3) is 0.692. The predicted molar refractivity (Wildman–Crippen MR) is 130 cm³/mol. The van der Waals surface area contributed by atoms with Gasteiger partial charge < -0.3 is 10.2 Å². The standard InChI is InChI=1S/C26H42O4S/c1-2-3-4-5-6-7-8-9-12-21-31-24-18-11-10-17-23(24)22(15-13-19-25(27)28)16-14-20-26(29)30/h10-11,17-18,22H,2-9,12-16,19-21H2,1H3,(H,27,28)(H,29,30). The third kappa shape index (κ3) is 14.2. The highest BCUT2D eigenvalue weighted by Gasteiger charge is 2.16. The second-order valence-corrected chi connectivity index (χ2v) is 9.62. The van der Waals surface area contributed by atoms with Crippen LogP contribution < -0.4 is 0 Å². The average molecular weight is 451 g/mol. The maximum Gasteiger partial charge on any atom is 0.303 e. The van der Waals surface area contributed by atoms with Gasteiger partial charge in [0.05, 0.1) is 0 Å². The smallest absolute Gasteiger partial charge is 0.303 e. The van der Waals surface area contributed by atoms with Crippen molar-refractivity contribution in [3.05, 3.63) is 29.8 Å². The van der Waals surface area contributed by atoms with E-state index >= 15 is 0 Å². The summed E-state index contributed by atoms with van der Waals surface area (Å²) < 4.78 is 0. The van der Waals surface area contributed by atoms with E-state index in [1.54, 1.807) is 0 Å². The number of aliphatic carboxylic acids is 2. The Morgan fingerprint density at radius 2 is 1.29 bits per heavy atom. The van der Waals surface area contributed by atoms with Gasteiger partial charge >= 0.3 is 11.9 Å². The van der Waals surface area contributed by atoms with Gasteiger partial charge in [0, 0.05) is 17.7 Å². The van der Waals surface area contributed by atoms with Crippen LogP contribution in [-0.2, 0) is 9.59 Å². The van der Waals surface area contributed by atoms with E-state index < -0.39 is 11.9 Å². The van der Waals surface area contributed by atoms with Gasteiger partial charge in [0.25, 0.3) is 0 Å². The van der Waals surface area contributed by atoms with E-state index in [1.165, 1.54) is 68.2 Å². The Labute approximate surface area is 193 Å². The summed E-state index contributed by atoms with van der Waals surface area (Å²) >= 11 is 1.90. The highest BCUT2D eigenvalue weighted by Crippen LogP contribution is 2.35. The molecule has 0 saturated carbocycles. The third-order valence-corrected chi connectivity index (χ3v) is 6.93. The third-order valence-electron chi connectivity index (χ3n) is 5.75. The molecule has 1 aromatic rings. The molecule has 0 aromatic heterocycles. The van der Waals surface area contributed by atoms with E-state index in [0.717, 1.165) is 18.6 Å². The van der Waals surface area contributed by atoms with Crippen molar-refractivity contribution in [1.82, 2.24) is 0 Å². The van der Waals surface area contributed by atoms with Gasteiger partial charge in [-0.1, -0.05) is 76.5 Å². The first-order valence-electron chi connectivity index (χ1n) is 12.2. The van der Waals surface area contributed by atoms with E-state index in [4.69, 9.17) is 10.2 Å². The zero-order valence-electron chi connectivity index (χ0n) is 19.3. The molecule has 5 heteroatoms. The van der Waals surface area contributed by atoms with Gasteiger partial charge in [-0.3, -0.25) is 9.59 Å². The molecule has 0 saturated heterocycles. The number of carbonyl (C=O) groups is 2. The van der Waals surface area contributed by atoms with Crippen molar-refractivity contribution in [2.45, 2.75) is 114 Å². The molecule has 0 spiro atoms. The lowest BCUT2D eigenvalue weighted by atomic mass is 9.89. The normalized spacial score (nSPS) is 11.2. The first-order valence-corrected chi connectivity index (χ1v) is 13.2. The molecule has 176 valence electrons. The van der Waals surface area contributed by atoms with Crippen LogP contribution in [0.3, 0.4) is 0 Å². The maximum atomic E-state index is 10.9. The molecule has 1 aromatic carbocycles. The summed E-state index contributed by atoms with van der Waals surface area (Å²) in [6, 6.07) is 8.41. The van der Waals surface area contributed by atoms with Crippen molar-refractivity contribution in [3.8, 4) is 0 Å². The second-order valence-electron chi connectivity index (χ2n) is 8.48. The summed E-state index contributed by atoms with van der Waals surface area (Å²) in [5.41, 5.74) is 1.26. The second kappa shape index (κ2) is 18.1. The monoisotopic (exact) mass is 450 g/mol. The first-order chi connectivity index (χ1) is 15.0. The Bertz CT molecular complexity index is 597. The average Bonchev–Trinajstić information content (AvgIpc) is 2.74. The summed E-state index contributed by atoms with van der Waals surface area (Å²) in [6.45, 7) is 2.25. The first kappa shape index (κ1) is 27.5. The van der Waals surface area contributed by atoms with Crippen molar-refractivity contribution in [1.29, 1.82) is 0 Å². The Hall–Kier alpha value is -1.49. The summed E-state index contributed by atoms with van der Waals surface area (Å²) in [7, 11) is 0. The van der Waals surface area contributed by atoms with Crippen molar-refractivity contribution in [3.63, 3.8) is 0 Å². The largest absolute Gasteiger partial charge is 0.481 e.